The van der Waals surface area contributed by atoms with Crippen molar-refractivity contribution in [2.45, 2.75) is 18.9 Å². The first kappa shape index (κ1) is 14.2. The molecule has 2 atom stereocenters. The summed E-state index contributed by atoms with van der Waals surface area (Å²) in [6, 6.07) is 13.2. The first-order chi connectivity index (χ1) is 10.1. The lowest BCUT2D eigenvalue weighted by Crippen LogP contribution is -2.19. The zero-order valence-electron chi connectivity index (χ0n) is 11.3. The molecule has 1 aliphatic rings. The van der Waals surface area contributed by atoms with E-state index in [0.717, 1.165) is 22.9 Å². The van der Waals surface area contributed by atoms with Gasteiger partial charge in [0.15, 0.2) is 0 Å². The second kappa shape index (κ2) is 5.58. The Balaban J connectivity index is 1.81. The monoisotopic (exact) mass is 346 g/mol. The minimum absolute atomic E-state index is 0.0308. The van der Waals surface area contributed by atoms with Crippen LogP contribution in [0.5, 0.6) is 0 Å². The van der Waals surface area contributed by atoms with E-state index in [1.165, 1.54) is 11.1 Å². The number of nitro benzene ring substituents is 1. The van der Waals surface area contributed by atoms with E-state index in [4.69, 9.17) is 5.73 Å². The summed E-state index contributed by atoms with van der Waals surface area (Å²) in [5.74, 6) is 0.333. The van der Waals surface area contributed by atoms with Crippen LogP contribution in [0, 0.1) is 16.0 Å². The van der Waals surface area contributed by atoms with Crippen molar-refractivity contribution in [1.29, 1.82) is 0 Å². The molecule has 1 aliphatic carbocycles. The van der Waals surface area contributed by atoms with Crippen LogP contribution < -0.4 is 5.73 Å². The number of nitro groups is 1. The van der Waals surface area contributed by atoms with E-state index in [1.54, 1.807) is 12.1 Å². The molecule has 0 aliphatic heterocycles. The van der Waals surface area contributed by atoms with E-state index >= 15 is 0 Å². The number of hydrogen-bond donors (Lipinski definition) is 1. The van der Waals surface area contributed by atoms with E-state index in [9.17, 15) is 10.1 Å². The summed E-state index contributed by atoms with van der Waals surface area (Å²) < 4.78 is 0.778. The molecule has 0 saturated heterocycles. The molecule has 0 fully saturated rings. The molecule has 0 amide bonds. The maximum atomic E-state index is 10.8. The Morgan fingerprint density at radius 1 is 1.29 bits per heavy atom. The average molecular weight is 347 g/mol. The molecule has 108 valence electrons. The number of hydrogen-bond acceptors (Lipinski definition) is 3. The fraction of sp³-hybridized carbons (Fsp3) is 0.250. The van der Waals surface area contributed by atoms with Gasteiger partial charge in [-0.15, -0.1) is 0 Å². The first-order valence-electron chi connectivity index (χ1n) is 6.82. The SMILES string of the molecule is NC1c2ccccc2CC1Cc1ccc([N+](=O)[O-])cc1Br. The molecule has 21 heavy (non-hydrogen) atoms. The van der Waals surface area contributed by atoms with Gasteiger partial charge >= 0.3 is 0 Å². The normalized spacial score (nSPS) is 20.3. The number of non-ortho nitro benzene ring substituents is 1. The van der Waals surface area contributed by atoms with Crippen molar-refractivity contribution in [1.82, 2.24) is 0 Å². The van der Waals surface area contributed by atoms with Gasteiger partial charge in [0.1, 0.15) is 0 Å². The standard InChI is InChI=1S/C16H15BrN2O2/c17-15-9-13(19(20)21)6-5-11(15)8-12-7-10-3-1-2-4-14(10)16(12)18/h1-6,9,12,16H,7-8,18H2. The molecule has 4 nitrogen and oxygen atoms in total. The first-order valence-corrected chi connectivity index (χ1v) is 7.62. The molecule has 0 radical (unpaired) electrons. The van der Waals surface area contributed by atoms with Gasteiger partial charge in [-0.1, -0.05) is 46.3 Å². The van der Waals surface area contributed by atoms with Gasteiger partial charge in [-0.25, -0.2) is 0 Å². The van der Waals surface area contributed by atoms with Crippen molar-refractivity contribution in [2.24, 2.45) is 11.7 Å². The molecule has 0 heterocycles. The Morgan fingerprint density at radius 3 is 2.71 bits per heavy atom. The molecule has 0 aromatic heterocycles. The highest BCUT2D eigenvalue weighted by atomic mass is 79.9. The van der Waals surface area contributed by atoms with Crippen molar-refractivity contribution < 1.29 is 4.92 Å². The number of rotatable bonds is 3. The minimum atomic E-state index is -0.383. The molecule has 2 aromatic rings. The van der Waals surface area contributed by atoms with E-state index in [1.807, 2.05) is 18.2 Å². The summed E-state index contributed by atoms with van der Waals surface area (Å²) in [6.45, 7) is 0. The van der Waals surface area contributed by atoms with Gasteiger partial charge in [-0.2, -0.15) is 0 Å². The van der Waals surface area contributed by atoms with E-state index in [0.29, 0.717) is 5.92 Å². The quantitative estimate of drug-likeness (QED) is 0.679. The highest BCUT2D eigenvalue weighted by Crippen LogP contribution is 2.37. The Hall–Kier alpha value is -1.72. The van der Waals surface area contributed by atoms with Crippen LogP contribution in [0.4, 0.5) is 5.69 Å². The molecular formula is C16H15BrN2O2. The third kappa shape index (κ3) is 2.71. The largest absolute Gasteiger partial charge is 0.324 e. The Bertz CT molecular complexity index is 702. The Morgan fingerprint density at radius 2 is 2.05 bits per heavy atom. The van der Waals surface area contributed by atoms with Gasteiger partial charge in [0.2, 0.25) is 0 Å². The number of nitrogens with two attached hydrogens (primary N) is 1. The van der Waals surface area contributed by atoms with Crippen molar-refractivity contribution >= 4 is 21.6 Å². The molecule has 0 saturated carbocycles. The van der Waals surface area contributed by atoms with Crippen LogP contribution in [-0.4, -0.2) is 4.92 Å². The number of halogens is 1. The molecule has 2 N–H and O–H groups in total. The van der Waals surface area contributed by atoms with Crippen LogP contribution in [0.25, 0.3) is 0 Å². The predicted octanol–water partition coefficient (Wildman–Crippen LogP) is 3.77. The summed E-state index contributed by atoms with van der Waals surface area (Å²) in [6.07, 6.45) is 1.77. The molecule has 0 spiro atoms. The summed E-state index contributed by atoms with van der Waals surface area (Å²) in [5, 5.41) is 10.8. The predicted molar refractivity (Wildman–Crippen MR) is 85.1 cm³/mol. The van der Waals surface area contributed by atoms with Crippen LogP contribution in [-0.2, 0) is 12.8 Å². The summed E-state index contributed by atoms with van der Waals surface area (Å²) in [7, 11) is 0. The van der Waals surface area contributed by atoms with E-state index in [2.05, 4.69) is 28.1 Å². The molecule has 5 heteroatoms. The highest BCUT2D eigenvalue weighted by molar-refractivity contribution is 9.10. The number of fused-ring (bicyclic) bond motifs is 1. The molecule has 3 rings (SSSR count). The van der Waals surface area contributed by atoms with Crippen molar-refractivity contribution in [3.05, 3.63) is 73.7 Å². The summed E-state index contributed by atoms with van der Waals surface area (Å²) in [5.41, 5.74) is 10.0. The lowest BCUT2D eigenvalue weighted by molar-refractivity contribution is -0.384. The minimum Gasteiger partial charge on any atom is -0.324 e. The van der Waals surface area contributed by atoms with Crippen molar-refractivity contribution in [3.63, 3.8) is 0 Å². The van der Waals surface area contributed by atoms with Crippen LogP contribution in [0.1, 0.15) is 22.7 Å². The lowest BCUT2D eigenvalue weighted by atomic mass is 9.93. The highest BCUT2D eigenvalue weighted by Gasteiger charge is 2.29. The Labute approximate surface area is 131 Å². The summed E-state index contributed by atoms with van der Waals surface area (Å²) in [4.78, 5) is 10.4. The van der Waals surface area contributed by atoms with Gasteiger partial charge < -0.3 is 5.73 Å². The van der Waals surface area contributed by atoms with Crippen LogP contribution >= 0.6 is 15.9 Å². The topological polar surface area (TPSA) is 69.2 Å². The maximum Gasteiger partial charge on any atom is 0.270 e. The van der Waals surface area contributed by atoms with Gasteiger partial charge in [-0.3, -0.25) is 10.1 Å². The maximum absolute atomic E-state index is 10.8. The van der Waals surface area contributed by atoms with Crippen LogP contribution in [0.15, 0.2) is 46.9 Å². The second-order valence-electron chi connectivity index (χ2n) is 5.43. The molecular weight excluding hydrogens is 332 g/mol. The zero-order valence-corrected chi connectivity index (χ0v) is 12.9. The average Bonchev–Trinajstić information content (AvgIpc) is 2.78. The third-order valence-electron chi connectivity index (χ3n) is 4.13. The fourth-order valence-corrected chi connectivity index (χ4v) is 3.53. The molecule has 2 unspecified atom stereocenters. The van der Waals surface area contributed by atoms with Crippen molar-refractivity contribution in [3.8, 4) is 0 Å². The zero-order chi connectivity index (χ0) is 15.0. The van der Waals surface area contributed by atoms with Gasteiger partial charge in [0.25, 0.3) is 5.69 Å². The smallest absolute Gasteiger partial charge is 0.270 e. The number of nitrogens with zero attached hydrogens (tertiary/aromatic N) is 1. The fourth-order valence-electron chi connectivity index (χ4n) is 3.01. The van der Waals surface area contributed by atoms with Crippen molar-refractivity contribution in [2.75, 3.05) is 0 Å². The summed E-state index contributed by atoms with van der Waals surface area (Å²) >= 11 is 3.43. The third-order valence-corrected chi connectivity index (χ3v) is 4.87. The van der Waals surface area contributed by atoms with E-state index < -0.39 is 0 Å². The van der Waals surface area contributed by atoms with E-state index in [-0.39, 0.29) is 16.7 Å². The number of benzene rings is 2. The molecule has 2 aromatic carbocycles. The van der Waals surface area contributed by atoms with Crippen LogP contribution in [0.3, 0.4) is 0 Å². The lowest BCUT2D eigenvalue weighted by Gasteiger charge is -2.16. The van der Waals surface area contributed by atoms with Gasteiger partial charge in [0, 0.05) is 22.6 Å². The second-order valence-corrected chi connectivity index (χ2v) is 6.28. The Kier molecular flexibility index (Phi) is 3.78. The van der Waals surface area contributed by atoms with Gasteiger partial charge in [0.05, 0.1) is 4.92 Å². The van der Waals surface area contributed by atoms with Crippen LogP contribution in [0.2, 0.25) is 0 Å². The van der Waals surface area contributed by atoms with Gasteiger partial charge in [-0.05, 0) is 35.4 Å². The molecule has 0 bridgehead atoms.